The van der Waals surface area contributed by atoms with Gasteiger partial charge in [0.05, 0.1) is 103 Å². The van der Waals surface area contributed by atoms with Crippen molar-refractivity contribution in [3.63, 3.8) is 0 Å². The van der Waals surface area contributed by atoms with Gasteiger partial charge < -0.3 is 23.8 Å². The van der Waals surface area contributed by atoms with Crippen LogP contribution in [0.2, 0.25) is 0 Å². The highest BCUT2D eigenvalue weighted by Crippen LogP contribution is 2.59. The van der Waals surface area contributed by atoms with Gasteiger partial charge in [-0.1, -0.05) is 352 Å². The summed E-state index contributed by atoms with van der Waals surface area (Å²) in [7, 11) is 0. The van der Waals surface area contributed by atoms with Crippen LogP contribution in [0.1, 0.15) is 0 Å². The van der Waals surface area contributed by atoms with Crippen LogP contribution in [0.5, 0.6) is 0 Å². The van der Waals surface area contributed by atoms with Crippen LogP contribution in [-0.4, -0.2) is 58.6 Å². The number of pyridine rings is 4. The first-order valence-electron chi connectivity index (χ1n) is 49.6. The fraction of sp³-hybridized carbons (Fsp3) is 0. The molecule has 3 aliphatic rings. The minimum Gasteiger partial charge on any atom is -0.309 e. The summed E-state index contributed by atoms with van der Waals surface area (Å²) < 4.78 is 7.10. The average Bonchev–Trinajstić information content (AvgIpc) is 1.56. The lowest BCUT2D eigenvalue weighted by atomic mass is 9.98. The Hall–Kier alpha value is -20.3. The van der Waals surface area contributed by atoms with Crippen LogP contribution in [0.25, 0.3) is 207 Å². The van der Waals surface area contributed by atoms with Crippen LogP contribution >= 0.6 is 0 Å². The molecule has 9 aromatic heterocycles. The summed E-state index contributed by atoms with van der Waals surface area (Å²) in [6, 6.07) is 172. The molecule has 29 rings (SSSR count). The Morgan fingerprint density at radius 3 is 1.07 bits per heavy atom. The zero-order valence-corrected chi connectivity index (χ0v) is 79.9. The molecule has 148 heavy (non-hydrogen) atoms. The van der Waals surface area contributed by atoms with E-state index in [1.165, 1.54) is 27.7 Å². The molecule has 0 aliphatic carbocycles. The number of aromatic nitrogens is 12. The van der Waals surface area contributed by atoms with E-state index >= 15 is 0 Å². The second kappa shape index (κ2) is 37.3. The number of benzene rings is 17. The van der Waals surface area contributed by atoms with Gasteiger partial charge in [-0.2, -0.15) is 0 Å². The summed E-state index contributed by atoms with van der Waals surface area (Å²) in [5.74, 6) is 3.39. The number of fused-ring (bicyclic) bond motifs is 22. The summed E-state index contributed by atoms with van der Waals surface area (Å²) >= 11 is 0. The molecule has 694 valence electrons. The van der Waals surface area contributed by atoms with Gasteiger partial charge >= 0.3 is 0 Å². The average molecular weight is 1900 g/mol. The monoisotopic (exact) mass is 1890 g/mol. The van der Waals surface area contributed by atoms with Crippen LogP contribution < -0.4 is 14.7 Å². The number of rotatable bonds is 13. The highest BCUT2D eigenvalue weighted by molar-refractivity contribution is 6.17. The Kier molecular flexibility index (Phi) is 21.9. The second-order valence-electron chi connectivity index (χ2n) is 36.7. The maximum absolute atomic E-state index is 5.29. The van der Waals surface area contributed by atoms with Gasteiger partial charge in [0.15, 0.2) is 23.3 Å². The third kappa shape index (κ3) is 15.4. The van der Waals surface area contributed by atoms with Gasteiger partial charge in [0, 0.05) is 158 Å². The number of anilines is 9. The van der Waals surface area contributed by atoms with Crippen LogP contribution in [0.3, 0.4) is 0 Å². The third-order valence-electron chi connectivity index (χ3n) is 28.1. The van der Waals surface area contributed by atoms with Crippen molar-refractivity contribution in [1.29, 1.82) is 0 Å². The predicted molar refractivity (Wildman–Crippen MR) is 603 cm³/mol. The van der Waals surface area contributed by atoms with Gasteiger partial charge in [-0.3, -0.25) is 19.5 Å². The van der Waals surface area contributed by atoms with E-state index < -0.39 is 0 Å². The molecule has 0 saturated carbocycles. The molecule has 0 amide bonds. The van der Waals surface area contributed by atoms with Gasteiger partial charge in [-0.15, -0.1) is 0 Å². The Morgan fingerprint density at radius 2 is 0.527 bits per heavy atom. The van der Waals surface area contributed by atoms with Crippen molar-refractivity contribution >= 4 is 94.8 Å². The molecule has 3 aliphatic heterocycles. The normalized spacial score (nSPS) is 11.9. The molecule has 0 atom stereocenters. The molecule has 0 radical (unpaired) electrons. The summed E-state index contributed by atoms with van der Waals surface area (Å²) in [6.45, 7) is 0. The first-order chi connectivity index (χ1) is 73.5. The van der Waals surface area contributed by atoms with E-state index in [4.69, 9.17) is 29.9 Å². The molecule has 0 unspecified atom stereocenters. The third-order valence-corrected chi connectivity index (χ3v) is 28.1. The van der Waals surface area contributed by atoms with Crippen molar-refractivity contribution in [3.8, 4) is 164 Å². The van der Waals surface area contributed by atoms with Crippen molar-refractivity contribution in [2.45, 2.75) is 0 Å². The van der Waals surface area contributed by atoms with Gasteiger partial charge in [-0.25, -0.2) is 29.9 Å². The Balaban J connectivity index is 0.000000111. The topological polar surface area (TPSA) is 141 Å². The molecule has 0 saturated heterocycles. The Labute approximate surface area is 854 Å². The first-order valence-corrected chi connectivity index (χ1v) is 49.6. The quantitative estimate of drug-likeness (QED) is 0.108. The molecule has 0 bridgehead atoms. The highest BCUT2D eigenvalue weighted by atomic mass is 15.2. The maximum atomic E-state index is 5.29. The summed E-state index contributed by atoms with van der Waals surface area (Å²) in [5, 5.41) is 4.66. The molecule has 15 heteroatoms. The molecule has 0 N–H and O–H groups in total. The molecule has 0 spiro atoms. The SMILES string of the molecule is c1ccc(-c2cc(-n3c4c(c5ccccc53)-c3ccncc3N(c3ccccc3)c3ccccc3-4)nc(-c3ccccc3)n2)cc1.c1ccc(-c2nc(-c3ccccc3)nc(-c3cccc(-c4cccc(N5c6ccccc6-c6c(n(-c7ccccc7)c7cnccc67)-c6ccccc65)c4)c3)n2)cc1.c1ccc(-n2c3c(c4ccccc42)-c2ccncc2N(c2cccc(-c4ccc5ccccc5n4)c2)c2ccccc2-3)cc1. The lowest BCUT2D eigenvalue weighted by molar-refractivity contribution is 1.03. The minimum atomic E-state index is 0.625. The lowest BCUT2D eigenvalue weighted by Gasteiger charge is -2.28. The van der Waals surface area contributed by atoms with Crippen LogP contribution in [0.4, 0.5) is 51.2 Å². The van der Waals surface area contributed by atoms with Gasteiger partial charge in [-0.05, 0) is 145 Å². The summed E-state index contributed by atoms with van der Waals surface area (Å²) in [4.78, 5) is 51.3. The van der Waals surface area contributed by atoms with E-state index in [1.54, 1.807) is 0 Å². The number of hydrogen-bond acceptors (Lipinski definition) is 12. The largest absolute Gasteiger partial charge is 0.309 e. The van der Waals surface area contributed by atoms with E-state index in [0.29, 0.717) is 23.3 Å². The number of para-hydroxylation sites is 10. The molecule has 26 aromatic rings. The van der Waals surface area contributed by atoms with Crippen LogP contribution in [0, 0.1) is 0 Å². The number of hydrogen-bond donors (Lipinski definition) is 0. The van der Waals surface area contributed by atoms with E-state index in [2.05, 4.69) is 444 Å². The highest BCUT2D eigenvalue weighted by Gasteiger charge is 2.37. The van der Waals surface area contributed by atoms with E-state index in [-0.39, 0.29) is 0 Å². The smallest absolute Gasteiger partial charge is 0.164 e. The van der Waals surface area contributed by atoms with E-state index in [1.807, 2.05) is 128 Å². The zero-order chi connectivity index (χ0) is 97.9. The second-order valence-corrected chi connectivity index (χ2v) is 36.7. The standard InChI is InChI=1S/C52H34N6.C41H27N5.C40H26N4/c1-4-16-35(17-5-1)50-54-51(36-18-6-2-7-19-36)56-52(55-50)39-22-14-20-37(32-39)38-21-15-25-41(33-38)57-45-28-12-10-26-42(45)48-43-30-31-53-34-47(43)58(40-23-8-3-9-24-40)49(48)44-27-11-13-29-46(44)57;1-4-14-28(15-5-1)34-26-38(44-41(43-34)29-16-6-2-7-17-29)46-35-22-12-10-20-31(35)39-32-24-25-42-27-37(32)45(30-18-8-3-9-19-30)36-23-13-11-21-33(36)40(39)46;1-2-13-29(14-3-1)44-36-19-8-5-16-31(36)39-32-23-24-41-26-38(32)43(37-20-9-6-17-33(37)40(39)44)30-15-10-12-28(25-30)35-22-21-27-11-4-7-18-34(27)42-35/h1-34H;1-27H;1-26H. The maximum Gasteiger partial charge on any atom is 0.164 e. The van der Waals surface area contributed by atoms with Crippen molar-refractivity contribution in [1.82, 2.24) is 58.6 Å². The fourth-order valence-electron chi connectivity index (χ4n) is 21.6. The molecule has 17 aromatic carbocycles. The van der Waals surface area contributed by atoms with E-state index in [0.717, 1.165) is 207 Å². The first kappa shape index (κ1) is 86.8. The molecule has 12 heterocycles. The molecular formula is C133H87N15. The predicted octanol–water partition coefficient (Wildman–Crippen LogP) is 33.6. The minimum absolute atomic E-state index is 0.625. The lowest BCUT2D eigenvalue weighted by Crippen LogP contribution is -2.11. The van der Waals surface area contributed by atoms with Crippen molar-refractivity contribution in [2.75, 3.05) is 14.7 Å². The van der Waals surface area contributed by atoms with Crippen molar-refractivity contribution in [2.24, 2.45) is 0 Å². The Morgan fingerprint density at radius 1 is 0.176 bits per heavy atom. The fourth-order valence-corrected chi connectivity index (χ4v) is 21.6. The van der Waals surface area contributed by atoms with Gasteiger partial charge in [0.2, 0.25) is 0 Å². The van der Waals surface area contributed by atoms with Gasteiger partial charge in [0.25, 0.3) is 0 Å². The molecule has 0 fully saturated rings. The molecule has 15 nitrogen and oxygen atoms in total. The summed E-state index contributed by atoms with van der Waals surface area (Å²) in [6.07, 6.45) is 11.7. The number of nitrogens with zero attached hydrogens (tertiary/aromatic N) is 15. The Bertz CT molecular complexity index is 9450. The summed E-state index contributed by atoms with van der Waals surface area (Å²) in [5.41, 5.74) is 39.8. The van der Waals surface area contributed by atoms with Gasteiger partial charge in [0.1, 0.15) is 5.82 Å². The van der Waals surface area contributed by atoms with Crippen LogP contribution in [-0.2, 0) is 0 Å². The van der Waals surface area contributed by atoms with Crippen LogP contribution in [0.15, 0.2) is 529 Å². The van der Waals surface area contributed by atoms with Crippen molar-refractivity contribution < 1.29 is 0 Å². The molecular weight excluding hydrogens is 1810 g/mol. The van der Waals surface area contributed by atoms with E-state index in [9.17, 15) is 0 Å². The van der Waals surface area contributed by atoms with Crippen molar-refractivity contribution in [3.05, 3.63) is 529 Å². The zero-order valence-electron chi connectivity index (χ0n) is 79.9.